The standard InChI is InChI=1S/C19H20Cl2N2O/c20-17-8-4-5-14(19(17)21)9-10-18(24)23-12-11-16(13-23)22-15-6-2-1-3-7-15/h1-8,16,22H,9-13H2. The highest BCUT2D eigenvalue weighted by Gasteiger charge is 2.25. The third-order valence-corrected chi connectivity index (χ3v) is 5.18. The molecule has 126 valence electrons. The lowest BCUT2D eigenvalue weighted by Crippen LogP contribution is -2.31. The maximum absolute atomic E-state index is 12.4. The SMILES string of the molecule is O=C(CCc1cccc(Cl)c1Cl)N1CCC(Nc2ccccc2)C1. The fourth-order valence-corrected chi connectivity index (χ4v) is 3.43. The van der Waals surface area contributed by atoms with Gasteiger partial charge >= 0.3 is 0 Å². The van der Waals surface area contributed by atoms with Crippen molar-refractivity contribution in [1.29, 1.82) is 0 Å². The zero-order valence-electron chi connectivity index (χ0n) is 13.3. The fourth-order valence-electron chi connectivity index (χ4n) is 3.02. The molecule has 24 heavy (non-hydrogen) atoms. The molecule has 2 aromatic carbocycles. The number of carbonyl (C=O) groups excluding carboxylic acids is 1. The van der Waals surface area contributed by atoms with Crippen LogP contribution in [-0.2, 0) is 11.2 Å². The number of benzene rings is 2. The van der Waals surface area contributed by atoms with Crippen molar-refractivity contribution in [1.82, 2.24) is 4.90 Å². The van der Waals surface area contributed by atoms with Crippen molar-refractivity contribution in [3.8, 4) is 0 Å². The molecular weight excluding hydrogens is 343 g/mol. The number of nitrogens with zero attached hydrogens (tertiary/aromatic N) is 1. The Kier molecular flexibility index (Phi) is 5.64. The Bertz CT molecular complexity index is 706. The maximum Gasteiger partial charge on any atom is 0.222 e. The summed E-state index contributed by atoms with van der Waals surface area (Å²) in [4.78, 5) is 14.4. The number of rotatable bonds is 5. The lowest BCUT2D eigenvalue weighted by Gasteiger charge is -2.18. The van der Waals surface area contributed by atoms with E-state index in [2.05, 4.69) is 5.32 Å². The summed E-state index contributed by atoms with van der Waals surface area (Å²) in [6.07, 6.45) is 2.04. The molecule has 2 aromatic rings. The van der Waals surface area contributed by atoms with Gasteiger partial charge in [0.25, 0.3) is 0 Å². The Morgan fingerprint density at radius 1 is 1.12 bits per heavy atom. The van der Waals surface area contributed by atoms with Crippen molar-refractivity contribution in [2.45, 2.75) is 25.3 Å². The van der Waals surface area contributed by atoms with E-state index in [0.717, 1.165) is 30.8 Å². The molecule has 3 rings (SSSR count). The van der Waals surface area contributed by atoms with Crippen molar-refractivity contribution in [3.63, 3.8) is 0 Å². The minimum Gasteiger partial charge on any atom is -0.380 e. The van der Waals surface area contributed by atoms with Gasteiger partial charge in [-0.15, -0.1) is 0 Å². The van der Waals surface area contributed by atoms with Crippen LogP contribution in [0.4, 0.5) is 5.69 Å². The van der Waals surface area contributed by atoms with Crippen molar-refractivity contribution in [3.05, 3.63) is 64.1 Å². The van der Waals surface area contributed by atoms with Gasteiger partial charge in [0.2, 0.25) is 5.91 Å². The summed E-state index contributed by atoms with van der Waals surface area (Å²) < 4.78 is 0. The zero-order chi connectivity index (χ0) is 16.9. The Morgan fingerprint density at radius 2 is 1.92 bits per heavy atom. The maximum atomic E-state index is 12.4. The molecule has 1 atom stereocenters. The molecule has 1 amide bonds. The van der Waals surface area contributed by atoms with Gasteiger partial charge in [0.15, 0.2) is 0 Å². The summed E-state index contributed by atoms with van der Waals surface area (Å²) in [5, 5.41) is 4.57. The van der Waals surface area contributed by atoms with E-state index in [1.54, 1.807) is 6.07 Å². The van der Waals surface area contributed by atoms with E-state index >= 15 is 0 Å². The van der Waals surface area contributed by atoms with Crippen LogP contribution in [0, 0.1) is 0 Å². The molecule has 1 saturated heterocycles. The van der Waals surface area contributed by atoms with Crippen LogP contribution < -0.4 is 5.32 Å². The van der Waals surface area contributed by atoms with Crippen molar-refractivity contribution >= 4 is 34.8 Å². The molecule has 0 aromatic heterocycles. The Balaban J connectivity index is 1.50. The van der Waals surface area contributed by atoms with Gasteiger partial charge in [-0.3, -0.25) is 4.79 Å². The quantitative estimate of drug-likeness (QED) is 0.840. The number of anilines is 1. The van der Waals surface area contributed by atoms with Crippen LogP contribution in [-0.4, -0.2) is 29.9 Å². The number of carbonyl (C=O) groups is 1. The first kappa shape index (κ1) is 17.1. The van der Waals surface area contributed by atoms with E-state index in [0.29, 0.717) is 28.9 Å². The van der Waals surface area contributed by atoms with Crippen molar-refractivity contribution in [2.75, 3.05) is 18.4 Å². The first-order valence-electron chi connectivity index (χ1n) is 8.16. The lowest BCUT2D eigenvalue weighted by atomic mass is 10.1. The highest BCUT2D eigenvalue weighted by atomic mass is 35.5. The van der Waals surface area contributed by atoms with Gasteiger partial charge in [-0.1, -0.05) is 53.5 Å². The predicted octanol–water partition coefficient (Wildman–Crippen LogP) is 4.64. The summed E-state index contributed by atoms with van der Waals surface area (Å²) in [6, 6.07) is 16.0. The number of hydrogen-bond acceptors (Lipinski definition) is 2. The van der Waals surface area contributed by atoms with Crippen LogP contribution in [0.15, 0.2) is 48.5 Å². The second kappa shape index (κ2) is 7.91. The molecule has 1 unspecified atom stereocenters. The first-order valence-corrected chi connectivity index (χ1v) is 8.91. The van der Waals surface area contributed by atoms with Gasteiger partial charge in [-0.25, -0.2) is 0 Å². The van der Waals surface area contributed by atoms with Crippen LogP contribution in [0.2, 0.25) is 10.0 Å². The van der Waals surface area contributed by atoms with E-state index in [-0.39, 0.29) is 5.91 Å². The molecule has 0 bridgehead atoms. The van der Waals surface area contributed by atoms with Gasteiger partial charge in [0.05, 0.1) is 10.0 Å². The number of likely N-dealkylation sites (tertiary alicyclic amines) is 1. The zero-order valence-corrected chi connectivity index (χ0v) is 14.9. The highest BCUT2D eigenvalue weighted by Crippen LogP contribution is 2.26. The number of hydrogen-bond donors (Lipinski definition) is 1. The summed E-state index contributed by atoms with van der Waals surface area (Å²) in [5.74, 6) is 0.170. The van der Waals surface area contributed by atoms with Crippen molar-refractivity contribution < 1.29 is 4.79 Å². The van der Waals surface area contributed by atoms with Crippen LogP contribution >= 0.6 is 23.2 Å². The summed E-state index contributed by atoms with van der Waals surface area (Å²) in [5.41, 5.74) is 2.03. The number of aryl methyl sites for hydroxylation is 1. The van der Waals surface area contributed by atoms with E-state index in [1.807, 2.05) is 47.4 Å². The molecule has 0 radical (unpaired) electrons. The largest absolute Gasteiger partial charge is 0.380 e. The first-order chi connectivity index (χ1) is 11.6. The summed E-state index contributed by atoms with van der Waals surface area (Å²) >= 11 is 12.2. The molecule has 0 saturated carbocycles. The third kappa shape index (κ3) is 4.22. The van der Waals surface area contributed by atoms with Gasteiger partial charge < -0.3 is 10.2 Å². The van der Waals surface area contributed by atoms with E-state index in [4.69, 9.17) is 23.2 Å². The summed E-state index contributed by atoms with van der Waals surface area (Å²) in [7, 11) is 0. The van der Waals surface area contributed by atoms with Crippen LogP contribution in [0.25, 0.3) is 0 Å². The molecule has 1 fully saturated rings. The lowest BCUT2D eigenvalue weighted by molar-refractivity contribution is -0.130. The monoisotopic (exact) mass is 362 g/mol. The molecule has 1 aliphatic heterocycles. The second-order valence-electron chi connectivity index (χ2n) is 6.05. The third-order valence-electron chi connectivity index (χ3n) is 4.33. The molecular formula is C19H20Cl2N2O. The molecule has 5 heteroatoms. The highest BCUT2D eigenvalue weighted by molar-refractivity contribution is 6.42. The molecule has 0 aliphatic carbocycles. The number of para-hydroxylation sites is 1. The van der Waals surface area contributed by atoms with Gasteiger partial charge in [0.1, 0.15) is 0 Å². The molecule has 0 spiro atoms. The van der Waals surface area contributed by atoms with Gasteiger partial charge in [0, 0.05) is 31.2 Å². The normalized spacial score (nSPS) is 17.1. The molecule has 1 heterocycles. The average molecular weight is 363 g/mol. The molecule has 1 aliphatic rings. The van der Waals surface area contributed by atoms with Crippen molar-refractivity contribution in [2.24, 2.45) is 0 Å². The minimum absolute atomic E-state index is 0.170. The van der Waals surface area contributed by atoms with Gasteiger partial charge in [-0.05, 0) is 36.6 Å². The smallest absolute Gasteiger partial charge is 0.222 e. The number of halogens is 2. The number of nitrogens with one attached hydrogen (secondary N) is 1. The minimum atomic E-state index is 0.170. The van der Waals surface area contributed by atoms with E-state index in [9.17, 15) is 4.79 Å². The van der Waals surface area contributed by atoms with Crippen LogP contribution in [0.1, 0.15) is 18.4 Å². The Hall–Kier alpha value is -1.71. The fraction of sp³-hybridized carbons (Fsp3) is 0.316. The Labute approximate surface area is 152 Å². The Morgan fingerprint density at radius 3 is 2.71 bits per heavy atom. The van der Waals surface area contributed by atoms with E-state index < -0.39 is 0 Å². The number of amides is 1. The van der Waals surface area contributed by atoms with E-state index in [1.165, 1.54) is 0 Å². The summed E-state index contributed by atoms with van der Waals surface area (Å²) in [6.45, 7) is 1.55. The topological polar surface area (TPSA) is 32.3 Å². The average Bonchev–Trinajstić information content (AvgIpc) is 3.05. The molecule has 1 N–H and O–H groups in total. The van der Waals surface area contributed by atoms with Crippen LogP contribution in [0.3, 0.4) is 0 Å². The van der Waals surface area contributed by atoms with Crippen LogP contribution in [0.5, 0.6) is 0 Å². The second-order valence-corrected chi connectivity index (χ2v) is 6.83. The predicted molar refractivity (Wildman–Crippen MR) is 99.8 cm³/mol. The van der Waals surface area contributed by atoms with Gasteiger partial charge in [-0.2, -0.15) is 0 Å². The molecule has 3 nitrogen and oxygen atoms in total.